The van der Waals surface area contributed by atoms with E-state index in [9.17, 15) is 4.79 Å². The van der Waals surface area contributed by atoms with E-state index in [1.54, 1.807) is 0 Å². The van der Waals surface area contributed by atoms with Gasteiger partial charge in [0.25, 0.3) is 5.91 Å². The maximum Gasteiger partial charge on any atom is 0.251 e. The number of hydrogen-bond acceptors (Lipinski definition) is 2. The Bertz CT molecular complexity index is 767. The number of nitrogens with one attached hydrogen (secondary N) is 1. The lowest BCUT2D eigenvalue weighted by Gasteiger charge is -2.33. The number of carbonyl (C=O) groups is 1. The van der Waals surface area contributed by atoms with Gasteiger partial charge in [-0.05, 0) is 62.2 Å². The zero-order chi connectivity index (χ0) is 18.4. The maximum absolute atomic E-state index is 12.7. The summed E-state index contributed by atoms with van der Waals surface area (Å²) < 4.78 is 0. The molecule has 0 spiro atoms. The molecule has 0 bridgehead atoms. The molecule has 1 unspecified atom stereocenters. The predicted octanol–water partition coefficient (Wildman–Crippen LogP) is 5.28. The first-order valence-electron chi connectivity index (χ1n) is 9.55. The summed E-state index contributed by atoms with van der Waals surface area (Å²) in [6, 6.07) is 18.6. The van der Waals surface area contributed by atoms with Crippen molar-refractivity contribution in [1.29, 1.82) is 0 Å². The molecule has 136 valence electrons. The molecule has 1 saturated heterocycles. The van der Waals surface area contributed by atoms with Gasteiger partial charge in [0.1, 0.15) is 0 Å². The lowest BCUT2D eigenvalue weighted by Crippen LogP contribution is -2.30. The Morgan fingerprint density at radius 1 is 1.12 bits per heavy atom. The van der Waals surface area contributed by atoms with Crippen molar-refractivity contribution in [3.63, 3.8) is 0 Å². The second-order valence-corrected chi connectivity index (χ2v) is 6.96. The van der Waals surface area contributed by atoms with Crippen molar-refractivity contribution in [2.24, 2.45) is 0 Å². The molecule has 0 aromatic heterocycles. The Kier molecular flexibility index (Phi) is 6.24. The standard InChI is InChI=1S/C23H28N2O/c1-3-18(23(26)24-20-12-5-4-6-13-20)17-19-11-7-8-14-21(19)22-15-9-10-16-25(22)2/h4-8,11-14,17,22H,3,9-10,15-16H2,1-2H3,(H,24,26). The number of likely N-dealkylation sites (tertiary alicyclic amines) is 1. The van der Waals surface area contributed by atoms with Crippen molar-refractivity contribution in [2.45, 2.75) is 38.6 Å². The van der Waals surface area contributed by atoms with E-state index in [4.69, 9.17) is 0 Å². The highest BCUT2D eigenvalue weighted by Crippen LogP contribution is 2.32. The average Bonchev–Trinajstić information content (AvgIpc) is 2.67. The topological polar surface area (TPSA) is 32.3 Å². The van der Waals surface area contributed by atoms with Crippen LogP contribution in [0, 0.1) is 0 Å². The van der Waals surface area contributed by atoms with Gasteiger partial charge in [-0.1, -0.05) is 55.8 Å². The molecule has 0 saturated carbocycles. The van der Waals surface area contributed by atoms with E-state index < -0.39 is 0 Å². The fraction of sp³-hybridized carbons (Fsp3) is 0.348. The van der Waals surface area contributed by atoms with Crippen LogP contribution in [0.15, 0.2) is 60.2 Å². The van der Waals surface area contributed by atoms with Gasteiger partial charge in [-0.3, -0.25) is 9.69 Å². The lowest BCUT2D eigenvalue weighted by molar-refractivity contribution is -0.112. The summed E-state index contributed by atoms with van der Waals surface area (Å²) >= 11 is 0. The Balaban J connectivity index is 1.86. The summed E-state index contributed by atoms with van der Waals surface area (Å²) in [4.78, 5) is 15.1. The number of piperidine rings is 1. The van der Waals surface area contributed by atoms with Gasteiger partial charge in [-0.15, -0.1) is 0 Å². The molecule has 1 aliphatic rings. The molecule has 1 amide bonds. The number of para-hydroxylation sites is 1. The molecule has 1 N–H and O–H groups in total. The highest BCUT2D eigenvalue weighted by atomic mass is 16.1. The summed E-state index contributed by atoms with van der Waals surface area (Å²) in [6.45, 7) is 3.17. The Labute approximate surface area is 156 Å². The van der Waals surface area contributed by atoms with Crippen LogP contribution >= 0.6 is 0 Å². The van der Waals surface area contributed by atoms with Gasteiger partial charge in [0.05, 0.1) is 0 Å². The lowest BCUT2D eigenvalue weighted by atomic mass is 9.91. The van der Waals surface area contributed by atoms with Crippen LogP contribution in [0.5, 0.6) is 0 Å². The van der Waals surface area contributed by atoms with Crippen molar-refractivity contribution in [1.82, 2.24) is 4.90 Å². The maximum atomic E-state index is 12.7. The van der Waals surface area contributed by atoms with E-state index in [2.05, 4.69) is 47.6 Å². The zero-order valence-corrected chi connectivity index (χ0v) is 15.7. The molecule has 3 heteroatoms. The molecule has 2 aromatic carbocycles. The fourth-order valence-corrected chi connectivity index (χ4v) is 3.66. The second kappa shape index (κ2) is 8.81. The minimum Gasteiger partial charge on any atom is -0.322 e. The van der Waals surface area contributed by atoms with Crippen LogP contribution in [0.2, 0.25) is 0 Å². The van der Waals surface area contributed by atoms with Crippen molar-refractivity contribution in [3.05, 3.63) is 71.3 Å². The number of carbonyl (C=O) groups excluding carboxylic acids is 1. The Morgan fingerprint density at radius 3 is 2.58 bits per heavy atom. The van der Waals surface area contributed by atoms with Gasteiger partial charge < -0.3 is 5.32 Å². The van der Waals surface area contributed by atoms with Gasteiger partial charge in [0, 0.05) is 17.3 Å². The first kappa shape index (κ1) is 18.4. The third kappa shape index (κ3) is 4.41. The van der Waals surface area contributed by atoms with Gasteiger partial charge >= 0.3 is 0 Å². The quantitative estimate of drug-likeness (QED) is 0.746. The van der Waals surface area contributed by atoms with E-state index >= 15 is 0 Å². The van der Waals surface area contributed by atoms with E-state index in [1.165, 1.54) is 24.8 Å². The van der Waals surface area contributed by atoms with Crippen LogP contribution in [0.4, 0.5) is 5.69 Å². The van der Waals surface area contributed by atoms with E-state index in [0.29, 0.717) is 12.5 Å². The van der Waals surface area contributed by atoms with E-state index in [1.807, 2.05) is 37.3 Å². The molecule has 1 aliphatic heterocycles. The van der Waals surface area contributed by atoms with E-state index in [-0.39, 0.29) is 5.91 Å². The summed E-state index contributed by atoms with van der Waals surface area (Å²) in [5, 5.41) is 3.00. The van der Waals surface area contributed by atoms with Crippen molar-refractivity contribution in [2.75, 3.05) is 18.9 Å². The number of nitrogens with zero attached hydrogens (tertiary/aromatic N) is 1. The minimum absolute atomic E-state index is 0.0227. The monoisotopic (exact) mass is 348 g/mol. The van der Waals surface area contributed by atoms with Gasteiger partial charge in [0.2, 0.25) is 0 Å². The predicted molar refractivity (Wildman–Crippen MR) is 109 cm³/mol. The van der Waals surface area contributed by atoms with Gasteiger partial charge in [0.15, 0.2) is 0 Å². The Morgan fingerprint density at radius 2 is 1.85 bits per heavy atom. The number of rotatable bonds is 5. The largest absolute Gasteiger partial charge is 0.322 e. The molecule has 1 atom stereocenters. The van der Waals surface area contributed by atoms with Crippen LogP contribution in [0.1, 0.15) is 49.8 Å². The van der Waals surface area contributed by atoms with Crippen molar-refractivity contribution in [3.8, 4) is 0 Å². The SMILES string of the molecule is CCC(=Cc1ccccc1C1CCCCN1C)C(=O)Nc1ccccc1. The molecule has 3 nitrogen and oxygen atoms in total. The number of anilines is 1. The summed E-state index contributed by atoms with van der Waals surface area (Å²) in [7, 11) is 2.20. The third-order valence-corrected chi connectivity index (χ3v) is 5.16. The molecule has 2 aromatic rings. The molecular weight excluding hydrogens is 320 g/mol. The normalized spacial score (nSPS) is 18.5. The first-order valence-corrected chi connectivity index (χ1v) is 9.55. The molecule has 26 heavy (non-hydrogen) atoms. The van der Waals surface area contributed by atoms with Crippen LogP contribution in [-0.4, -0.2) is 24.4 Å². The van der Waals surface area contributed by atoms with Crippen LogP contribution < -0.4 is 5.32 Å². The molecule has 0 aliphatic carbocycles. The Hall–Kier alpha value is -2.39. The second-order valence-electron chi connectivity index (χ2n) is 6.96. The average molecular weight is 348 g/mol. The summed E-state index contributed by atoms with van der Waals surface area (Å²) in [5.74, 6) is -0.0227. The van der Waals surface area contributed by atoms with Crippen LogP contribution in [0.25, 0.3) is 6.08 Å². The molecule has 1 heterocycles. The summed E-state index contributed by atoms with van der Waals surface area (Å²) in [6.07, 6.45) is 6.48. The van der Waals surface area contributed by atoms with Gasteiger partial charge in [-0.2, -0.15) is 0 Å². The molecule has 0 radical (unpaired) electrons. The zero-order valence-electron chi connectivity index (χ0n) is 15.7. The minimum atomic E-state index is -0.0227. The molecule has 3 rings (SSSR count). The number of benzene rings is 2. The van der Waals surface area contributed by atoms with Crippen molar-refractivity contribution >= 4 is 17.7 Å². The third-order valence-electron chi connectivity index (χ3n) is 5.16. The molecule has 1 fully saturated rings. The number of amides is 1. The van der Waals surface area contributed by atoms with E-state index in [0.717, 1.165) is 23.4 Å². The van der Waals surface area contributed by atoms with Crippen molar-refractivity contribution < 1.29 is 4.79 Å². The van der Waals surface area contributed by atoms with Crippen LogP contribution in [0.3, 0.4) is 0 Å². The molecular formula is C23H28N2O. The first-order chi connectivity index (χ1) is 12.7. The fourth-order valence-electron chi connectivity index (χ4n) is 3.66. The number of hydrogen-bond donors (Lipinski definition) is 1. The van der Waals surface area contributed by atoms with Gasteiger partial charge in [-0.25, -0.2) is 0 Å². The smallest absolute Gasteiger partial charge is 0.251 e. The highest BCUT2D eigenvalue weighted by Gasteiger charge is 2.22. The highest BCUT2D eigenvalue weighted by molar-refractivity contribution is 6.06. The van der Waals surface area contributed by atoms with Crippen LogP contribution in [-0.2, 0) is 4.79 Å². The summed E-state index contributed by atoms with van der Waals surface area (Å²) in [5.41, 5.74) is 4.12.